The molecule has 11 rings (SSSR count). The lowest BCUT2D eigenvalue weighted by Gasteiger charge is -2.10. The second kappa shape index (κ2) is 13.0. The summed E-state index contributed by atoms with van der Waals surface area (Å²) in [6, 6.07) is 48.5. The molecule has 0 spiro atoms. The van der Waals surface area contributed by atoms with Crippen LogP contribution in [-0.2, 0) is 0 Å². The first-order valence-electron chi connectivity index (χ1n) is 18.5. The summed E-state index contributed by atoms with van der Waals surface area (Å²) in [5.74, 6) is 2.63. The van der Waals surface area contributed by atoms with Crippen LogP contribution in [0, 0.1) is 0 Å². The van der Waals surface area contributed by atoms with Gasteiger partial charge in [0, 0.05) is 54.1 Å². The zero-order valence-electron chi connectivity index (χ0n) is 30.3. The number of furan rings is 2. The molecule has 0 fully saturated rings. The molecule has 0 saturated carbocycles. The predicted octanol–water partition coefficient (Wildman–Crippen LogP) is 13.0. The molecule has 0 amide bonds. The number of benzene rings is 6. The third-order valence-corrected chi connectivity index (χ3v) is 11.5. The van der Waals surface area contributed by atoms with Crippen molar-refractivity contribution >= 4 is 76.2 Å². The Hall–Kier alpha value is -7.55. The first kappa shape index (κ1) is 32.8. The number of hydrogen-bond donors (Lipinski definition) is 0. The van der Waals surface area contributed by atoms with Gasteiger partial charge in [-0.2, -0.15) is 0 Å². The maximum absolute atomic E-state index is 6.42. The predicted molar refractivity (Wildman–Crippen MR) is 232 cm³/mol. The number of nitrogens with zero attached hydrogens (tertiary/aromatic N) is 5. The number of rotatable bonds is 7. The van der Waals surface area contributed by atoms with E-state index in [0.717, 1.165) is 81.1 Å². The quantitative estimate of drug-likeness (QED) is 0.160. The second-order valence-electron chi connectivity index (χ2n) is 13.7. The van der Waals surface area contributed by atoms with E-state index in [1.807, 2.05) is 103 Å². The van der Waals surface area contributed by atoms with E-state index in [2.05, 4.69) is 55.6 Å². The monoisotopic (exact) mass is 751 g/mol. The SMILES string of the molecule is C=Cc1oc2ccc(-c3nc(-c4ccccc4)nc(-c4cccc5c4oc4ccccc45)n3)cc2c1C(=C)c1nc(-c2ccccc2)c2sc3ccccc3c2n1. The maximum Gasteiger partial charge on any atom is 0.167 e. The Kier molecular flexibility index (Phi) is 7.52. The van der Waals surface area contributed by atoms with Crippen molar-refractivity contribution in [3.63, 3.8) is 0 Å². The first-order chi connectivity index (χ1) is 28.1. The van der Waals surface area contributed by atoms with Gasteiger partial charge in [-0.05, 0) is 42.5 Å². The van der Waals surface area contributed by atoms with Crippen LogP contribution in [0.5, 0.6) is 0 Å². The van der Waals surface area contributed by atoms with Gasteiger partial charge in [0.1, 0.15) is 22.5 Å². The van der Waals surface area contributed by atoms with Crippen LogP contribution in [0.25, 0.3) is 110 Å². The van der Waals surface area contributed by atoms with Gasteiger partial charge in [0.2, 0.25) is 0 Å². The number of aromatic nitrogens is 5. The Balaban J connectivity index is 1.10. The summed E-state index contributed by atoms with van der Waals surface area (Å²) >= 11 is 1.70. The lowest BCUT2D eigenvalue weighted by atomic mass is 10.00. The van der Waals surface area contributed by atoms with Crippen LogP contribution < -0.4 is 0 Å². The molecule has 0 aliphatic heterocycles. The van der Waals surface area contributed by atoms with E-state index in [1.165, 1.54) is 0 Å². The first-order valence-corrected chi connectivity index (χ1v) is 19.3. The van der Waals surface area contributed by atoms with Gasteiger partial charge in [0.15, 0.2) is 23.3 Å². The summed E-state index contributed by atoms with van der Waals surface area (Å²) in [6.45, 7) is 8.71. The Morgan fingerprint density at radius 1 is 0.544 bits per heavy atom. The minimum absolute atomic E-state index is 0.501. The maximum atomic E-state index is 6.42. The third kappa shape index (κ3) is 5.38. The van der Waals surface area contributed by atoms with Crippen molar-refractivity contribution in [2.24, 2.45) is 0 Å². The Morgan fingerprint density at radius 3 is 2.02 bits per heavy atom. The van der Waals surface area contributed by atoms with Crippen LogP contribution in [-0.4, -0.2) is 24.9 Å². The Bertz CT molecular complexity index is 3400. The number of fused-ring (bicyclic) bond motifs is 7. The fourth-order valence-corrected chi connectivity index (χ4v) is 8.76. The molecular formula is C49H29N5O2S. The number of thiophene rings is 1. The zero-order valence-corrected chi connectivity index (χ0v) is 31.1. The van der Waals surface area contributed by atoms with Crippen molar-refractivity contribution in [1.29, 1.82) is 0 Å². The molecule has 7 nitrogen and oxygen atoms in total. The average Bonchev–Trinajstić information content (AvgIpc) is 3.97. The van der Waals surface area contributed by atoms with Gasteiger partial charge < -0.3 is 8.83 Å². The van der Waals surface area contributed by atoms with E-state index in [0.29, 0.717) is 40.2 Å². The van der Waals surface area contributed by atoms with Gasteiger partial charge in [0.25, 0.3) is 0 Å². The van der Waals surface area contributed by atoms with Crippen molar-refractivity contribution in [2.75, 3.05) is 0 Å². The molecule has 0 unspecified atom stereocenters. The summed E-state index contributed by atoms with van der Waals surface area (Å²) < 4.78 is 15.0. The molecule has 0 saturated heterocycles. The molecule has 0 bridgehead atoms. The van der Waals surface area contributed by atoms with Crippen LogP contribution >= 0.6 is 11.3 Å². The van der Waals surface area contributed by atoms with Gasteiger partial charge in [-0.15, -0.1) is 11.3 Å². The fraction of sp³-hybridized carbons (Fsp3) is 0. The fourth-order valence-electron chi connectivity index (χ4n) is 7.61. The molecule has 6 aromatic carbocycles. The molecule has 268 valence electrons. The lowest BCUT2D eigenvalue weighted by Crippen LogP contribution is -2.00. The molecule has 57 heavy (non-hydrogen) atoms. The van der Waals surface area contributed by atoms with Crippen molar-refractivity contribution in [1.82, 2.24) is 24.9 Å². The van der Waals surface area contributed by atoms with Crippen LogP contribution in [0.4, 0.5) is 0 Å². The van der Waals surface area contributed by atoms with Gasteiger partial charge in [-0.3, -0.25) is 0 Å². The molecule has 0 aliphatic rings. The van der Waals surface area contributed by atoms with E-state index in [4.69, 9.17) is 33.8 Å². The lowest BCUT2D eigenvalue weighted by molar-refractivity contribution is 0.603. The largest absolute Gasteiger partial charge is 0.456 e. The van der Waals surface area contributed by atoms with Gasteiger partial charge >= 0.3 is 0 Å². The topological polar surface area (TPSA) is 90.7 Å². The Morgan fingerprint density at radius 2 is 1.21 bits per heavy atom. The Labute approximate surface area is 330 Å². The van der Waals surface area contributed by atoms with Gasteiger partial charge in [0.05, 0.1) is 21.5 Å². The average molecular weight is 752 g/mol. The molecule has 0 atom stereocenters. The van der Waals surface area contributed by atoms with Crippen LogP contribution in [0.1, 0.15) is 17.1 Å². The molecule has 8 heteroatoms. The summed E-state index contributed by atoms with van der Waals surface area (Å²) in [5.41, 5.74) is 8.74. The highest BCUT2D eigenvalue weighted by atomic mass is 32.1. The van der Waals surface area contributed by atoms with Crippen molar-refractivity contribution in [3.05, 3.63) is 176 Å². The van der Waals surface area contributed by atoms with E-state index in [1.54, 1.807) is 17.4 Å². The molecule has 0 radical (unpaired) electrons. The molecule has 5 heterocycles. The standard InChI is InChI=1S/C49H29N5O2S/c1-3-37-41(28(2)46-50-42(29-15-6-4-7-16-29)45-43(51-46)34-20-11-13-24-40(34)57-45)36-27-31(25-26-39(36)55-37)48-52-47(30-17-8-5-9-18-30)53-49(54-48)35-22-14-21-33-32-19-10-12-23-38(32)56-44(33)35/h3-27H,1-2H2. The highest BCUT2D eigenvalue weighted by Gasteiger charge is 2.23. The van der Waals surface area contributed by atoms with Crippen molar-refractivity contribution in [2.45, 2.75) is 0 Å². The molecule has 11 aromatic rings. The summed E-state index contributed by atoms with van der Waals surface area (Å²) in [6.07, 6.45) is 1.71. The number of para-hydroxylation sites is 2. The smallest absolute Gasteiger partial charge is 0.167 e. The van der Waals surface area contributed by atoms with E-state index < -0.39 is 0 Å². The minimum Gasteiger partial charge on any atom is -0.456 e. The number of hydrogen-bond acceptors (Lipinski definition) is 8. The molecular weight excluding hydrogens is 723 g/mol. The van der Waals surface area contributed by atoms with E-state index in [9.17, 15) is 0 Å². The molecule has 5 aromatic heterocycles. The zero-order chi connectivity index (χ0) is 38.0. The summed E-state index contributed by atoms with van der Waals surface area (Å²) in [7, 11) is 0. The molecule has 0 N–H and O–H groups in total. The minimum atomic E-state index is 0.501. The summed E-state index contributed by atoms with van der Waals surface area (Å²) in [4.78, 5) is 25.5. The van der Waals surface area contributed by atoms with Crippen molar-refractivity contribution in [3.8, 4) is 45.4 Å². The van der Waals surface area contributed by atoms with Crippen LogP contribution in [0.2, 0.25) is 0 Å². The normalized spacial score (nSPS) is 11.6. The second-order valence-corrected chi connectivity index (χ2v) is 14.8. The van der Waals surface area contributed by atoms with Crippen molar-refractivity contribution < 1.29 is 8.83 Å². The highest BCUT2D eigenvalue weighted by Crippen LogP contribution is 2.42. The van der Waals surface area contributed by atoms with E-state index in [-0.39, 0.29) is 0 Å². The van der Waals surface area contributed by atoms with E-state index >= 15 is 0 Å². The van der Waals surface area contributed by atoms with Crippen LogP contribution in [0.3, 0.4) is 0 Å². The van der Waals surface area contributed by atoms with Crippen LogP contribution in [0.15, 0.2) is 168 Å². The molecule has 0 aliphatic carbocycles. The van der Waals surface area contributed by atoms with Gasteiger partial charge in [-0.25, -0.2) is 24.9 Å². The third-order valence-electron chi connectivity index (χ3n) is 10.3. The van der Waals surface area contributed by atoms with Gasteiger partial charge in [-0.1, -0.05) is 122 Å². The highest BCUT2D eigenvalue weighted by molar-refractivity contribution is 7.26. The summed E-state index contributed by atoms with van der Waals surface area (Å²) in [5, 5.41) is 3.93.